The molecule has 1 saturated heterocycles. The van der Waals surface area contributed by atoms with E-state index in [0.29, 0.717) is 38.5 Å². The summed E-state index contributed by atoms with van der Waals surface area (Å²) >= 11 is 0. The number of anilines is 2. The summed E-state index contributed by atoms with van der Waals surface area (Å²) in [4.78, 5) is 15.1. The molecule has 0 spiro atoms. The summed E-state index contributed by atoms with van der Waals surface area (Å²) < 4.78 is 33.6. The molecule has 1 saturated carbocycles. The number of rotatable bonds is 8. The molecular formula is C25H41N3O4S. The number of morpholine rings is 1. The van der Waals surface area contributed by atoms with Gasteiger partial charge < -0.3 is 15.0 Å². The quantitative estimate of drug-likeness (QED) is 0.581. The van der Waals surface area contributed by atoms with Crippen molar-refractivity contribution < 1.29 is 17.9 Å². The molecule has 8 heteroatoms. The highest BCUT2D eigenvalue weighted by molar-refractivity contribution is 7.90. The fourth-order valence-corrected chi connectivity index (χ4v) is 6.57. The van der Waals surface area contributed by atoms with E-state index in [9.17, 15) is 13.2 Å². The number of nitrogens with zero attached hydrogens (tertiary/aromatic N) is 1. The second-order valence-electron chi connectivity index (χ2n) is 10.0. The Hall–Kier alpha value is -1.64. The fraction of sp³-hybridized carbons (Fsp3) is 0.720. The fourth-order valence-electron chi connectivity index (χ4n) is 4.85. The van der Waals surface area contributed by atoms with Crippen molar-refractivity contribution in [2.45, 2.75) is 96.1 Å². The SMILES string of the molecule is CCC(C)(CC)S(=O)(=O)NC1CCC(C(=O)Nc2ccc(N3CC(C)OC(C)C3)cc2)CC1. The highest BCUT2D eigenvalue weighted by Crippen LogP contribution is 2.30. The first kappa shape index (κ1) is 26.0. The molecule has 2 N–H and O–H groups in total. The van der Waals surface area contributed by atoms with E-state index in [1.807, 2.05) is 38.1 Å². The molecule has 7 nitrogen and oxygen atoms in total. The Morgan fingerprint density at radius 3 is 2.09 bits per heavy atom. The Labute approximate surface area is 199 Å². The summed E-state index contributed by atoms with van der Waals surface area (Å²) in [5, 5.41) is 3.04. The zero-order valence-electron chi connectivity index (χ0n) is 20.8. The van der Waals surface area contributed by atoms with E-state index in [-0.39, 0.29) is 30.1 Å². The van der Waals surface area contributed by atoms with E-state index < -0.39 is 14.8 Å². The van der Waals surface area contributed by atoms with Gasteiger partial charge in [0.25, 0.3) is 0 Å². The van der Waals surface area contributed by atoms with Crippen LogP contribution in [0.5, 0.6) is 0 Å². The molecule has 1 aliphatic carbocycles. The highest BCUT2D eigenvalue weighted by atomic mass is 32.2. The van der Waals surface area contributed by atoms with Crippen LogP contribution in [-0.4, -0.2) is 50.4 Å². The van der Waals surface area contributed by atoms with Gasteiger partial charge in [-0.1, -0.05) is 13.8 Å². The normalized spacial score (nSPS) is 26.8. The first-order chi connectivity index (χ1) is 15.6. The van der Waals surface area contributed by atoms with Crippen molar-refractivity contribution in [3.8, 4) is 0 Å². The molecule has 1 aromatic carbocycles. The van der Waals surface area contributed by atoms with Crippen LogP contribution in [0.3, 0.4) is 0 Å². The Kier molecular flexibility index (Phi) is 8.45. The number of ether oxygens (including phenoxy) is 1. The third-order valence-electron chi connectivity index (χ3n) is 7.48. The maximum atomic E-state index is 12.8. The molecule has 2 atom stereocenters. The molecule has 1 amide bonds. The molecule has 33 heavy (non-hydrogen) atoms. The molecule has 0 radical (unpaired) electrons. The Morgan fingerprint density at radius 2 is 1.58 bits per heavy atom. The van der Waals surface area contributed by atoms with Gasteiger partial charge in [-0.3, -0.25) is 4.79 Å². The zero-order chi connectivity index (χ0) is 24.2. The van der Waals surface area contributed by atoms with Gasteiger partial charge >= 0.3 is 0 Å². The lowest BCUT2D eigenvalue weighted by Crippen LogP contribution is -2.48. The summed E-state index contributed by atoms with van der Waals surface area (Å²) in [5.41, 5.74) is 1.93. The smallest absolute Gasteiger partial charge is 0.227 e. The number of amides is 1. The zero-order valence-corrected chi connectivity index (χ0v) is 21.6. The molecule has 2 fully saturated rings. The van der Waals surface area contributed by atoms with E-state index >= 15 is 0 Å². The van der Waals surface area contributed by atoms with Gasteiger partial charge in [0.1, 0.15) is 0 Å². The number of hydrogen-bond donors (Lipinski definition) is 2. The lowest BCUT2D eigenvalue weighted by Gasteiger charge is -2.37. The van der Waals surface area contributed by atoms with Crippen LogP contribution in [0, 0.1) is 5.92 Å². The number of carbonyl (C=O) groups is 1. The second kappa shape index (κ2) is 10.7. The standard InChI is InChI=1S/C25H41N3O4S/c1-6-25(5,7-2)33(30,31)27-22-10-8-20(9-11-22)24(29)26-21-12-14-23(15-13-21)28-16-18(3)32-19(4)17-28/h12-15,18-20,22,27H,6-11,16-17H2,1-5H3,(H,26,29). The first-order valence-corrected chi connectivity index (χ1v) is 13.9. The van der Waals surface area contributed by atoms with Crippen LogP contribution in [0.25, 0.3) is 0 Å². The van der Waals surface area contributed by atoms with Gasteiger partial charge in [0, 0.05) is 36.4 Å². The number of carbonyl (C=O) groups excluding carboxylic acids is 1. The van der Waals surface area contributed by atoms with E-state index in [1.54, 1.807) is 6.92 Å². The van der Waals surface area contributed by atoms with Crippen LogP contribution in [-0.2, 0) is 19.6 Å². The molecule has 2 unspecified atom stereocenters. The van der Waals surface area contributed by atoms with Gasteiger partial charge in [0.05, 0.1) is 17.0 Å². The topological polar surface area (TPSA) is 87.7 Å². The third kappa shape index (κ3) is 6.28. The van der Waals surface area contributed by atoms with E-state index in [1.165, 1.54) is 0 Å². The lowest BCUT2D eigenvalue weighted by atomic mass is 9.86. The van der Waals surface area contributed by atoms with Gasteiger partial charge in [0.15, 0.2) is 0 Å². The average Bonchev–Trinajstić information content (AvgIpc) is 2.78. The predicted octanol–water partition coefficient (Wildman–Crippen LogP) is 4.30. The number of benzene rings is 1. The summed E-state index contributed by atoms with van der Waals surface area (Å²) in [7, 11) is -3.39. The molecule has 2 aliphatic rings. The molecule has 1 aromatic rings. The minimum Gasteiger partial charge on any atom is -0.372 e. The van der Waals surface area contributed by atoms with Crippen molar-refractivity contribution in [3.63, 3.8) is 0 Å². The van der Waals surface area contributed by atoms with Crippen LogP contribution >= 0.6 is 0 Å². The average molecular weight is 480 g/mol. The number of nitrogens with one attached hydrogen (secondary N) is 2. The van der Waals surface area contributed by atoms with Crippen LogP contribution in [0.2, 0.25) is 0 Å². The minimum atomic E-state index is -3.39. The van der Waals surface area contributed by atoms with Crippen molar-refractivity contribution in [1.29, 1.82) is 0 Å². The molecule has 0 bridgehead atoms. The summed E-state index contributed by atoms with van der Waals surface area (Å²) in [6.07, 6.45) is 4.32. The van der Waals surface area contributed by atoms with E-state index in [2.05, 4.69) is 28.8 Å². The Bertz CT molecular complexity index is 881. The summed E-state index contributed by atoms with van der Waals surface area (Å²) in [5.74, 6) is -0.0697. The number of sulfonamides is 1. The first-order valence-electron chi connectivity index (χ1n) is 12.4. The van der Waals surface area contributed by atoms with Gasteiger partial charge in [0.2, 0.25) is 15.9 Å². The van der Waals surface area contributed by atoms with Crippen LogP contribution < -0.4 is 14.9 Å². The molecule has 1 heterocycles. The lowest BCUT2D eigenvalue weighted by molar-refractivity contribution is -0.120. The van der Waals surface area contributed by atoms with Crippen molar-refractivity contribution in [2.24, 2.45) is 5.92 Å². The molecular weight excluding hydrogens is 438 g/mol. The van der Waals surface area contributed by atoms with Crippen molar-refractivity contribution in [3.05, 3.63) is 24.3 Å². The van der Waals surface area contributed by atoms with Crippen molar-refractivity contribution in [1.82, 2.24) is 4.72 Å². The van der Waals surface area contributed by atoms with Crippen LogP contribution in [0.15, 0.2) is 24.3 Å². The van der Waals surface area contributed by atoms with E-state index in [4.69, 9.17) is 4.74 Å². The molecule has 1 aliphatic heterocycles. The molecule has 0 aromatic heterocycles. The summed E-state index contributed by atoms with van der Waals surface area (Å²) in [6, 6.07) is 7.91. The second-order valence-corrected chi connectivity index (χ2v) is 12.3. The molecule has 186 valence electrons. The Morgan fingerprint density at radius 1 is 1.03 bits per heavy atom. The van der Waals surface area contributed by atoms with Gasteiger partial charge in [-0.05, 0) is 83.6 Å². The van der Waals surface area contributed by atoms with Gasteiger partial charge in [-0.2, -0.15) is 0 Å². The highest BCUT2D eigenvalue weighted by Gasteiger charge is 2.38. The van der Waals surface area contributed by atoms with Crippen LogP contribution in [0.4, 0.5) is 11.4 Å². The van der Waals surface area contributed by atoms with Crippen molar-refractivity contribution >= 4 is 27.3 Å². The third-order valence-corrected chi connectivity index (χ3v) is 10.0. The predicted molar refractivity (Wildman–Crippen MR) is 134 cm³/mol. The summed E-state index contributed by atoms with van der Waals surface area (Å²) in [6.45, 7) is 11.5. The number of hydrogen-bond acceptors (Lipinski definition) is 5. The minimum absolute atomic E-state index is 0.0182. The van der Waals surface area contributed by atoms with Crippen molar-refractivity contribution in [2.75, 3.05) is 23.3 Å². The largest absolute Gasteiger partial charge is 0.372 e. The van der Waals surface area contributed by atoms with Gasteiger partial charge in [-0.15, -0.1) is 0 Å². The monoisotopic (exact) mass is 479 g/mol. The molecule has 3 rings (SSSR count). The van der Waals surface area contributed by atoms with E-state index in [0.717, 1.165) is 24.5 Å². The maximum Gasteiger partial charge on any atom is 0.227 e. The Balaban J connectivity index is 1.50. The maximum absolute atomic E-state index is 12.8. The van der Waals surface area contributed by atoms with Gasteiger partial charge in [-0.25, -0.2) is 13.1 Å². The van der Waals surface area contributed by atoms with Crippen LogP contribution in [0.1, 0.15) is 73.1 Å².